The molecule has 0 saturated carbocycles. The largest absolute Gasteiger partial charge is 0.481 e. The molecule has 1 atom stereocenters. The van der Waals surface area contributed by atoms with Gasteiger partial charge >= 0.3 is 12.1 Å². The maximum atomic E-state index is 12.8. The molecule has 3 aromatic rings. The summed E-state index contributed by atoms with van der Waals surface area (Å²) in [7, 11) is 0. The molecule has 140 valence electrons. The first-order chi connectivity index (χ1) is 12.6. The average molecular weight is 397 g/mol. The fourth-order valence-electron chi connectivity index (χ4n) is 2.76. The number of aliphatic carboxylic acids is 1. The number of carboxylic acids is 1. The van der Waals surface area contributed by atoms with Crippen molar-refractivity contribution in [3.63, 3.8) is 0 Å². The topological polar surface area (TPSA) is 83.0 Å². The minimum Gasteiger partial charge on any atom is -0.481 e. The molecule has 9 heteroatoms. The van der Waals surface area contributed by atoms with E-state index in [9.17, 15) is 27.9 Å². The van der Waals surface area contributed by atoms with E-state index in [0.29, 0.717) is 22.1 Å². The predicted molar refractivity (Wildman–Crippen MR) is 92.0 cm³/mol. The van der Waals surface area contributed by atoms with Crippen LogP contribution in [0.4, 0.5) is 13.2 Å². The summed E-state index contributed by atoms with van der Waals surface area (Å²) < 4.78 is 38.0. The minimum absolute atomic E-state index is 0.0468. The molecule has 27 heavy (non-hydrogen) atoms. The highest BCUT2D eigenvalue weighted by Gasteiger charge is 2.32. The number of rotatable bonds is 4. The molecule has 0 radical (unpaired) electrons. The number of hydrogen-bond acceptors (Lipinski definition) is 3. The molecule has 2 N–H and O–H groups in total. The Hall–Kier alpha value is -2.87. The first kappa shape index (κ1) is 18.9. The Labute approximate surface area is 155 Å². The van der Waals surface area contributed by atoms with Crippen molar-refractivity contribution in [1.29, 1.82) is 0 Å². The number of carbonyl (C=O) groups is 2. The van der Waals surface area contributed by atoms with Crippen LogP contribution >= 0.6 is 11.6 Å². The molecule has 3 rings (SSSR count). The number of hydrogen-bond donors (Lipinski definition) is 2. The Morgan fingerprint density at radius 2 is 1.93 bits per heavy atom. The number of alkyl halides is 3. The van der Waals surface area contributed by atoms with Gasteiger partial charge < -0.3 is 10.1 Å². The van der Waals surface area contributed by atoms with Gasteiger partial charge in [-0.3, -0.25) is 14.6 Å². The number of nitrogens with zero attached hydrogens (tertiary/aromatic N) is 1. The van der Waals surface area contributed by atoms with Crippen LogP contribution in [0.3, 0.4) is 0 Å². The number of H-pyrrole nitrogens is 1. The fraction of sp³-hybridized carbons (Fsp3) is 0.167. The van der Waals surface area contributed by atoms with Crippen molar-refractivity contribution < 1.29 is 27.9 Å². The summed E-state index contributed by atoms with van der Waals surface area (Å²) in [5, 5.41) is 10.2. The number of nitrogens with one attached hydrogen (secondary N) is 1. The van der Waals surface area contributed by atoms with Crippen LogP contribution in [0.1, 0.15) is 40.2 Å². The number of carbonyl (C=O) groups excluding carboxylic acids is 1. The first-order valence-corrected chi connectivity index (χ1v) is 8.09. The van der Waals surface area contributed by atoms with Gasteiger partial charge in [0.15, 0.2) is 0 Å². The van der Waals surface area contributed by atoms with E-state index in [1.54, 1.807) is 12.1 Å². The van der Waals surface area contributed by atoms with E-state index in [1.807, 2.05) is 0 Å². The molecule has 0 aliphatic heterocycles. The van der Waals surface area contributed by atoms with Crippen molar-refractivity contribution in [2.24, 2.45) is 0 Å². The van der Waals surface area contributed by atoms with Crippen LogP contribution in [-0.4, -0.2) is 26.8 Å². The number of carboxylic acid groups (broad SMARTS) is 1. The standard InChI is InChI=1S/C18H12ClF3N2O3/c1-8(17(26)27)14-11-6-10(19)3-5-12(11)24-15(14)16(25)13-4-2-9(7-23-13)18(20,21)22/h2-8,24H,1H3,(H,26,27). The Bertz CT molecular complexity index is 1040. The molecule has 0 spiro atoms. The molecular formula is C18H12ClF3N2O3. The second kappa shape index (κ2) is 6.70. The van der Waals surface area contributed by atoms with Crippen molar-refractivity contribution >= 4 is 34.3 Å². The van der Waals surface area contributed by atoms with Gasteiger partial charge in [-0.25, -0.2) is 0 Å². The second-order valence-electron chi connectivity index (χ2n) is 5.92. The van der Waals surface area contributed by atoms with Gasteiger partial charge in [0, 0.05) is 27.7 Å². The molecule has 1 aromatic carbocycles. The summed E-state index contributed by atoms with van der Waals surface area (Å²) >= 11 is 5.98. The molecule has 0 fully saturated rings. The highest BCUT2D eigenvalue weighted by Crippen LogP contribution is 2.33. The number of fused-ring (bicyclic) bond motifs is 1. The summed E-state index contributed by atoms with van der Waals surface area (Å²) in [5.74, 6) is -2.92. The van der Waals surface area contributed by atoms with Crippen LogP contribution in [0, 0.1) is 0 Å². The van der Waals surface area contributed by atoms with Crippen molar-refractivity contribution in [3.8, 4) is 0 Å². The summed E-state index contributed by atoms with van der Waals surface area (Å²) in [4.78, 5) is 30.7. The van der Waals surface area contributed by atoms with E-state index in [1.165, 1.54) is 13.0 Å². The van der Waals surface area contributed by atoms with Crippen LogP contribution in [0.2, 0.25) is 5.02 Å². The highest BCUT2D eigenvalue weighted by molar-refractivity contribution is 6.31. The van der Waals surface area contributed by atoms with E-state index in [-0.39, 0.29) is 17.0 Å². The van der Waals surface area contributed by atoms with Crippen LogP contribution in [-0.2, 0) is 11.0 Å². The maximum absolute atomic E-state index is 12.8. The van der Waals surface area contributed by atoms with Gasteiger partial charge in [-0.1, -0.05) is 11.6 Å². The smallest absolute Gasteiger partial charge is 0.417 e. The molecule has 0 amide bonds. The lowest BCUT2D eigenvalue weighted by molar-refractivity contribution is -0.139. The van der Waals surface area contributed by atoms with Crippen molar-refractivity contribution in [1.82, 2.24) is 9.97 Å². The van der Waals surface area contributed by atoms with Crippen molar-refractivity contribution in [3.05, 3.63) is 64.1 Å². The molecule has 2 aromatic heterocycles. The zero-order valence-corrected chi connectivity index (χ0v) is 14.5. The molecule has 0 bridgehead atoms. The number of pyridine rings is 1. The second-order valence-corrected chi connectivity index (χ2v) is 6.36. The number of aromatic amines is 1. The normalized spacial score (nSPS) is 12.9. The van der Waals surface area contributed by atoms with Gasteiger partial charge in [-0.15, -0.1) is 0 Å². The van der Waals surface area contributed by atoms with Crippen LogP contribution in [0.15, 0.2) is 36.5 Å². The zero-order valence-electron chi connectivity index (χ0n) is 13.8. The molecule has 0 saturated heterocycles. The van der Waals surface area contributed by atoms with Crippen molar-refractivity contribution in [2.75, 3.05) is 0 Å². The summed E-state index contributed by atoms with van der Waals surface area (Å²) in [6, 6.07) is 6.39. The minimum atomic E-state index is -4.57. The highest BCUT2D eigenvalue weighted by atomic mass is 35.5. The Morgan fingerprint density at radius 1 is 1.22 bits per heavy atom. The molecular weight excluding hydrogens is 385 g/mol. The van der Waals surface area contributed by atoms with Gasteiger partial charge in [-0.05, 0) is 37.3 Å². The van der Waals surface area contributed by atoms with Gasteiger partial charge in [-0.2, -0.15) is 13.2 Å². The molecule has 0 aliphatic rings. The molecule has 1 unspecified atom stereocenters. The summed E-state index contributed by atoms with van der Waals surface area (Å²) in [5.41, 5.74) is -0.583. The van der Waals surface area contributed by atoms with Crippen LogP contribution in [0.5, 0.6) is 0 Å². The summed E-state index contributed by atoms with van der Waals surface area (Å²) in [6.07, 6.45) is -4.01. The lowest BCUT2D eigenvalue weighted by Crippen LogP contribution is -2.14. The van der Waals surface area contributed by atoms with E-state index in [2.05, 4.69) is 9.97 Å². The quantitative estimate of drug-likeness (QED) is 0.628. The zero-order chi connectivity index (χ0) is 19.9. The molecule has 2 heterocycles. The fourth-order valence-corrected chi connectivity index (χ4v) is 2.93. The van der Waals surface area contributed by atoms with Gasteiger partial charge in [0.25, 0.3) is 0 Å². The third-order valence-electron chi connectivity index (χ3n) is 4.15. The Kier molecular flexibility index (Phi) is 4.69. The SMILES string of the molecule is CC(C(=O)O)c1c(C(=O)c2ccc(C(F)(F)F)cn2)[nH]c2ccc(Cl)cc12. The van der Waals surface area contributed by atoms with Crippen LogP contribution < -0.4 is 0 Å². The average Bonchev–Trinajstić information content (AvgIpc) is 2.98. The van der Waals surface area contributed by atoms with E-state index in [4.69, 9.17) is 11.6 Å². The van der Waals surface area contributed by atoms with Crippen LogP contribution in [0.25, 0.3) is 10.9 Å². The first-order valence-electron chi connectivity index (χ1n) is 7.71. The van der Waals surface area contributed by atoms with Gasteiger partial charge in [0.2, 0.25) is 5.78 Å². The Balaban J connectivity index is 2.14. The number of ketones is 1. The monoisotopic (exact) mass is 396 g/mol. The molecule has 0 aliphatic carbocycles. The molecule has 5 nitrogen and oxygen atoms in total. The van der Waals surface area contributed by atoms with Gasteiger partial charge in [0.1, 0.15) is 5.69 Å². The van der Waals surface area contributed by atoms with E-state index >= 15 is 0 Å². The lowest BCUT2D eigenvalue weighted by atomic mass is 9.95. The number of aromatic nitrogens is 2. The Morgan fingerprint density at radius 3 is 2.48 bits per heavy atom. The van der Waals surface area contributed by atoms with E-state index < -0.39 is 29.4 Å². The third-order valence-corrected chi connectivity index (χ3v) is 4.39. The maximum Gasteiger partial charge on any atom is 0.417 e. The number of halogens is 4. The van der Waals surface area contributed by atoms with E-state index in [0.717, 1.165) is 12.1 Å². The predicted octanol–water partition coefficient (Wildman–Crippen LogP) is 4.65. The summed E-state index contributed by atoms with van der Waals surface area (Å²) in [6.45, 7) is 1.41. The van der Waals surface area contributed by atoms with Crippen molar-refractivity contribution in [2.45, 2.75) is 19.0 Å². The third kappa shape index (κ3) is 3.52. The lowest BCUT2D eigenvalue weighted by Gasteiger charge is -2.09. The van der Waals surface area contributed by atoms with Gasteiger partial charge in [0.05, 0.1) is 17.2 Å². The number of benzene rings is 1.